The van der Waals surface area contributed by atoms with Crippen molar-refractivity contribution in [2.24, 2.45) is 0 Å². The number of ether oxygens (including phenoxy) is 1. The normalized spacial score (nSPS) is 14.3. The van der Waals surface area contributed by atoms with Crippen molar-refractivity contribution in [1.82, 2.24) is 29.1 Å². The quantitative estimate of drug-likeness (QED) is 0.324. The fraction of sp³-hybridized carbons (Fsp3) is 0.321. The number of aromatic nitrogens is 3. The van der Waals surface area contributed by atoms with E-state index in [2.05, 4.69) is 55.1 Å². The number of methoxy groups -OCH3 is 1. The van der Waals surface area contributed by atoms with Crippen LogP contribution in [0, 0.1) is 5.82 Å². The van der Waals surface area contributed by atoms with Crippen LogP contribution in [0.3, 0.4) is 0 Å². The zero-order chi connectivity index (χ0) is 27.5. The Morgan fingerprint density at radius 1 is 1.13 bits per heavy atom. The largest absolute Gasteiger partial charge is 0.494 e. The first-order valence-corrected chi connectivity index (χ1v) is 13.5. The van der Waals surface area contributed by atoms with Gasteiger partial charge < -0.3 is 19.9 Å². The van der Waals surface area contributed by atoms with Crippen LogP contribution in [0.2, 0.25) is 0 Å². The molecule has 1 amide bonds. The number of anilines is 2. The third-order valence-corrected chi connectivity index (χ3v) is 7.52. The number of hydrogen-bond donors (Lipinski definition) is 1. The molecule has 204 valence electrons. The maximum atomic E-state index is 14.3. The van der Waals surface area contributed by atoms with Gasteiger partial charge in [0.25, 0.3) is 5.91 Å². The molecular formula is C28H31BrFN7O2. The second kappa shape index (κ2) is 11.7. The molecule has 9 nitrogen and oxygen atoms in total. The Bertz CT molecular complexity index is 1480. The van der Waals surface area contributed by atoms with Gasteiger partial charge >= 0.3 is 0 Å². The number of carbonyl (C=O) groups is 1. The number of hydrogen-bond acceptors (Lipinski definition) is 7. The highest BCUT2D eigenvalue weighted by Gasteiger charge is 2.23. The maximum Gasteiger partial charge on any atom is 0.255 e. The minimum absolute atomic E-state index is 0.0190. The number of likely N-dealkylation sites (N-methyl/N-ethyl adjacent to an activating group) is 1. The molecule has 1 N–H and O–H groups in total. The second-order valence-corrected chi connectivity index (χ2v) is 10.6. The van der Waals surface area contributed by atoms with Crippen LogP contribution in [-0.4, -0.2) is 95.4 Å². The second-order valence-electron chi connectivity index (χ2n) is 9.72. The lowest BCUT2D eigenvalue weighted by molar-refractivity contribution is 0.0629. The van der Waals surface area contributed by atoms with E-state index in [9.17, 15) is 9.18 Å². The van der Waals surface area contributed by atoms with Gasteiger partial charge in [0, 0.05) is 67.4 Å². The zero-order valence-corrected chi connectivity index (χ0v) is 23.8. The lowest BCUT2D eigenvalue weighted by Crippen LogP contribution is -2.50. The fourth-order valence-corrected chi connectivity index (χ4v) is 5.18. The minimum Gasteiger partial charge on any atom is -0.494 e. The standard InChI is InChI=1S/C28H31BrFN7O2/c1-34(2)10-11-35-12-14-36(15-13-35)28(38)21-6-5-20(17-22(21)29)33-26-27-32-18-24(37(27)9-8-31-26)19-4-7-25(39-3)23(30)16-19/h4-9,16-18H,10-15H2,1-3H3,(H,31,33). The highest BCUT2D eigenvalue weighted by Crippen LogP contribution is 2.30. The molecule has 39 heavy (non-hydrogen) atoms. The third-order valence-electron chi connectivity index (χ3n) is 6.86. The average Bonchev–Trinajstić information content (AvgIpc) is 3.37. The molecule has 0 radical (unpaired) electrons. The SMILES string of the molecule is COc1ccc(-c2cnc3c(Nc4ccc(C(=O)N5CCN(CCN(C)C)CC5)c(Br)c4)nccn23)cc1F. The predicted molar refractivity (Wildman–Crippen MR) is 153 cm³/mol. The first-order valence-electron chi connectivity index (χ1n) is 12.7. The van der Waals surface area contributed by atoms with Gasteiger partial charge in [-0.15, -0.1) is 0 Å². The van der Waals surface area contributed by atoms with E-state index in [1.165, 1.54) is 13.2 Å². The fourth-order valence-electron chi connectivity index (χ4n) is 4.64. The molecule has 1 aliphatic heterocycles. The lowest BCUT2D eigenvalue weighted by atomic mass is 10.1. The van der Waals surface area contributed by atoms with Crippen LogP contribution in [0.25, 0.3) is 16.9 Å². The lowest BCUT2D eigenvalue weighted by Gasteiger charge is -2.35. The zero-order valence-electron chi connectivity index (χ0n) is 22.2. The van der Waals surface area contributed by atoms with Crippen molar-refractivity contribution in [2.75, 3.05) is 65.8 Å². The molecule has 0 spiro atoms. The molecule has 0 atom stereocenters. The summed E-state index contributed by atoms with van der Waals surface area (Å²) in [5.41, 5.74) is 3.36. The Kier molecular flexibility index (Phi) is 8.10. The van der Waals surface area contributed by atoms with Gasteiger partial charge in [0.05, 0.1) is 24.6 Å². The van der Waals surface area contributed by atoms with Crippen LogP contribution in [0.4, 0.5) is 15.9 Å². The molecule has 4 aromatic rings. The van der Waals surface area contributed by atoms with Gasteiger partial charge in [-0.25, -0.2) is 14.4 Å². The van der Waals surface area contributed by atoms with Crippen LogP contribution in [-0.2, 0) is 0 Å². The average molecular weight is 597 g/mol. The summed E-state index contributed by atoms with van der Waals surface area (Å²) in [6.07, 6.45) is 5.12. The van der Waals surface area contributed by atoms with Crippen molar-refractivity contribution in [3.05, 3.63) is 70.8 Å². The topological polar surface area (TPSA) is 78.2 Å². The molecule has 0 bridgehead atoms. The highest BCUT2D eigenvalue weighted by atomic mass is 79.9. The smallest absolute Gasteiger partial charge is 0.255 e. The van der Waals surface area contributed by atoms with Gasteiger partial charge in [0.1, 0.15) is 0 Å². The number of halogens is 2. The number of amides is 1. The molecule has 5 rings (SSSR count). The van der Waals surface area contributed by atoms with E-state index in [4.69, 9.17) is 4.74 Å². The van der Waals surface area contributed by atoms with Crippen LogP contribution in [0.5, 0.6) is 5.75 Å². The summed E-state index contributed by atoms with van der Waals surface area (Å²) in [7, 11) is 5.58. The van der Waals surface area contributed by atoms with Crippen molar-refractivity contribution in [3.63, 3.8) is 0 Å². The van der Waals surface area contributed by atoms with Gasteiger partial charge in [-0.05, 0) is 66.4 Å². The third kappa shape index (κ3) is 5.90. The first-order chi connectivity index (χ1) is 18.8. The van der Waals surface area contributed by atoms with Crippen LogP contribution in [0.15, 0.2) is 59.5 Å². The van der Waals surface area contributed by atoms with Gasteiger partial charge in [0.2, 0.25) is 0 Å². The molecule has 0 unspecified atom stereocenters. The van der Waals surface area contributed by atoms with Gasteiger partial charge in [-0.1, -0.05) is 0 Å². The van der Waals surface area contributed by atoms with Crippen molar-refractivity contribution in [1.29, 1.82) is 0 Å². The number of rotatable bonds is 8. The summed E-state index contributed by atoms with van der Waals surface area (Å²) < 4.78 is 21.9. The Labute approximate surface area is 235 Å². The van der Waals surface area contributed by atoms with E-state index in [1.807, 2.05) is 27.5 Å². The van der Waals surface area contributed by atoms with Crippen LogP contribution >= 0.6 is 15.9 Å². The van der Waals surface area contributed by atoms with Crippen molar-refractivity contribution in [2.45, 2.75) is 0 Å². The molecule has 1 aliphatic rings. The molecule has 3 heterocycles. The van der Waals surface area contributed by atoms with Crippen molar-refractivity contribution < 1.29 is 13.9 Å². The first kappa shape index (κ1) is 27.0. The minimum atomic E-state index is -0.442. The summed E-state index contributed by atoms with van der Waals surface area (Å²) in [4.78, 5) is 28.7. The molecule has 0 aliphatic carbocycles. The summed E-state index contributed by atoms with van der Waals surface area (Å²) in [6.45, 7) is 5.20. The Balaban J connectivity index is 1.30. The summed E-state index contributed by atoms with van der Waals surface area (Å²) in [6, 6.07) is 10.4. The van der Waals surface area contributed by atoms with E-state index in [1.54, 1.807) is 30.7 Å². The van der Waals surface area contributed by atoms with Gasteiger partial charge in [-0.3, -0.25) is 14.1 Å². The van der Waals surface area contributed by atoms with Crippen molar-refractivity contribution >= 4 is 39.0 Å². The summed E-state index contributed by atoms with van der Waals surface area (Å²) >= 11 is 3.59. The predicted octanol–water partition coefficient (Wildman–Crippen LogP) is 4.37. The number of nitrogens with one attached hydrogen (secondary N) is 1. The van der Waals surface area contributed by atoms with Gasteiger partial charge in [-0.2, -0.15) is 0 Å². The highest BCUT2D eigenvalue weighted by molar-refractivity contribution is 9.10. The van der Waals surface area contributed by atoms with E-state index in [0.29, 0.717) is 40.2 Å². The number of benzene rings is 2. The number of fused-ring (bicyclic) bond motifs is 1. The Morgan fingerprint density at radius 3 is 2.62 bits per heavy atom. The number of carbonyl (C=O) groups excluding carboxylic acids is 1. The van der Waals surface area contributed by atoms with E-state index in [0.717, 1.165) is 37.6 Å². The monoisotopic (exact) mass is 595 g/mol. The van der Waals surface area contributed by atoms with Crippen LogP contribution in [0.1, 0.15) is 10.4 Å². The van der Waals surface area contributed by atoms with E-state index < -0.39 is 5.82 Å². The Morgan fingerprint density at radius 2 is 1.92 bits per heavy atom. The van der Waals surface area contributed by atoms with E-state index in [-0.39, 0.29) is 11.7 Å². The number of piperazine rings is 1. The molecule has 0 saturated carbocycles. The molecule has 2 aromatic carbocycles. The number of imidazole rings is 1. The van der Waals surface area contributed by atoms with E-state index >= 15 is 0 Å². The summed E-state index contributed by atoms with van der Waals surface area (Å²) in [5.74, 6) is 0.303. The Hall–Kier alpha value is -3.54. The molecule has 1 fully saturated rings. The van der Waals surface area contributed by atoms with Gasteiger partial charge in [0.15, 0.2) is 23.0 Å². The van der Waals surface area contributed by atoms with Crippen molar-refractivity contribution in [3.8, 4) is 17.0 Å². The maximum absolute atomic E-state index is 14.3. The molecule has 11 heteroatoms. The molecule has 2 aromatic heterocycles. The van der Waals surface area contributed by atoms with Crippen LogP contribution < -0.4 is 10.1 Å². The summed E-state index contributed by atoms with van der Waals surface area (Å²) in [5, 5.41) is 3.30. The molecule has 1 saturated heterocycles. The number of nitrogens with zero attached hydrogens (tertiary/aromatic N) is 6. The molecular weight excluding hydrogens is 565 g/mol.